The van der Waals surface area contributed by atoms with Crippen LogP contribution in [0.5, 0.6) is 0 Å². The van der Waals surface area contributed by atoms with Crippen molar-refractivity contribution in [2.24, 2.45) is 5.73 Å². The molecule has 1 aliphatic heterocycles. The Labute approximate surface area is 145 Å². The molecule has 0 spiro atoms. The van der Waals surface area contributed by atoms with Gasteiger partial charge in [0.15, 0.2) is 0 Å². The fraction of sp³-hybridized carbons (Fsp3) is 0.500. The zero-order chi connectivity index (χ0) is 17.6. The highest BCUT2D eigenvalue weighted by Gasteiger charge is 2.17. The van der Waals surface area contributed by atoms with Gasteiger partial charge in [-0.1, -0.05) is 12.8 Å². The van der Waals surface area contributed by atoms with E-state index in [1.54, 1.807) is 6.07 Å². The van der Waals surface area contributed by atoms with Crippen LogP contribution in [0.4, 0.5) is 5.95 Å². The number of hydrogen-bond acceptors (Lipinski definition) is 6. The molecule has 1 saturated heterocycles. The number of aromatic nitrogens is 3. The van der Waals surface area contributed by atoms with Crippen LogP contribution in [0.1, 0.15) is 41.8 Å². The third kappa shape index (κ3) is 4.44. The van der Waals surface area contributed by atoms with Crippen molar-refractivity contribution >= 4 is 17.8 Å². The maximum Gasteiger partial charge on any atom is 0.261 e. The van der Waals surface area contributed by atoms with Crippen LogP contribution in [-0.2, 0) is 17.9 Å². The summed E-state index contributed by atoms with van der Waals surface area (Å²) in [6, 6.07) is 1.56. The predicted octanol–water partition coefficient (Wildman–Crippen LogP) is 0.985. The second-order valence-electron chi connectivity index (χ2n) is 6.02. The first kappa shape index (κ1) is 17.2. The first-order valence-electron chi connectivity index (χ1n) is 8.42. The summed E-state index contributed by atoms with van der Waals surface area (Å²) in [7, 11) is 0. The Morgan fingerprint density at radius 2 is 2.00 bits per heavy atom. The number of nitrogens with zero attached hydrogens (tertiary/aromatic N) is 4. The molecule has 3 rings (SSSR count). The number of anilines is 1. The number of nitrogens with one attached hydrogen (secondary N) is 1. The van der Waals surface area contributed by atoms with Crippen molar-refractivity contribution in [3.8, 4) is 0 Å². The van der Waals surface area contributed by atoms with Gasteiger partial charge >= 0.3 is 0 Å². The van der Waals surface area contributed by atoms with Gasteiger partial charge in [0.05, 0.1) is 12.1 Å². The summed E-state index contributed by atoms with van der Waals surface area (Å²) in [5.41, 5.74) is 5.79. The monoisotopic (exact) mass is 346 g/mol. The molecule has 3 N–H and O–H groups in total. The van der Waals surface area contributed by atoms with Gasteiger partial charge in [-0.2, -0.15) is 0 Å². The number of likely N-dealkylation sites (tertiary alicyclic amines) is 1. The summed E-state index contributed by atoms with van der Waals surface area (Å²) in [5, 5.41) is 6.70. The van der Waals surface area contributed by atoms with E-state index in [0.717, 1.165) is 25.9 Å². The van der Waals surface area contributed by atoms with Gasteiger partial charge in [0.2, 0.25) is 11.9 Å². The molecule has 2 aromatic rings. The average molecular weight is 346 g/mol. The third-order valence-electron chi connectivity index (χ3n) is 4.13. The van der Waals surface area contributed by atoms with E-state index in [4.69, 9.17) is 10.2 Å². The predicted molar refractivity (Wildman–Crippen MR) is 89.6 cm³/mol. The van der Waals surface area contributed by atoms with Gasteiger partial charge < -0.3 is 15.1 Å². The highest BCUT2D eigenvalue weighted by molar-refractivity contribution is 6.03. The third-order valence-corrected chi connectivity index (χ3v) is 4.13. The topological polar surface area (TPSA) is 119 Å². The molecule has 0 bridgehead atoms. The van der Waals surface area contributed by atoms with Gasteiger partial charge in [-0.3, -0.25) is 14.9 Å². The van der Waals surface area contributed by atoms with E-state index in [9.17, 15) is 9.59 Å². The quantitative estimate of drug-likeness (QED) is 0.833. The molecule has 134 valence electrons. The van der Waals surface area contributed by atoms with E-state index in [-0.39, 0.29) is 30.9 Å². The molecule has 0 atom stereocenters. The SMILES string of the molecule is NCc1cc(C(=O)Nc2ncn(CC(=O)N3CCCCCC3)n2)co1. The molecule has 9 nitrogen and oxygen atoms in total. The Balaban J connectivity index is 1.56. The summed E-state index contributed by atoms with van der Waals surface area (Å²) in [5.74, 6) is 0.294. The number of carbonyl (C=O) groups is 2. The van der Waals surface area contributed by atoms with Crippen LogP contribution in [0.25, 0.3) is 0 Å². The smallest absolute Gasteiger partial charge is 0.261 e. The Morgan fingerprint density at radius 1 is 1.24 bits per heavy atom. The molecule has 0 unspecified atom stereocenters. The molecular weight excluding hydrogens is 324 g/mol. The maximum atomic E-state index is 12.3. The molecule has 2 amide bonds. The average Bonchev–Trinajstić information content (AvgIpc) is 3.17. The van der Waals surface area contributed by atoms with Gasteiger partial charge in [0.25, 0.3) is 5.91 Å². The number of carbonyl (C=O) groups excluding carboxylic acids is 2. The molecule has 0 aromatic carbocycles. The van der Waals surface area contributed by atoms with E-state index in [1.807, 2.05) is 4.90 Å². The minimum Gasteiger partial charge on any atom is -0.467 e. The lowest BCUT2D eigenvalue weighted by Crippen LogP contribution is -2.34. The van der Waals surface area contributed by atoms with Crippen molar-refractivity contribution in [3.63, 3.8) is 0 Å². The fourth-order valence-corrected chi connectivity index (χ4v) is 2.77. The van der Waals surface area contributed by atoms with E-state index >= 15 is 0 Å². The molecule has 9 heteroatoms. The Hall–Kier alpha value is -2.68. The summed E-state index contributed by atoms with van der Waals surface area (Å²) in [4.78, 5) is 30.3. The van der Waals surface area contributed by atoms with Crippen molar-refractivity contribution in [2.75, 3.05) is 18.4 Å². The van der Waals surface area contributed by atoms with Crippen molar-refractivity contribution in [1.29, 1.82) is 0 Å². The minimum absolute atomic E-state index is 0.0205. The molecule has 1 fully saturated rings. The number of rotatable bonds is 5. The van der Waals surface area contributed by atoms with E-state index in [2.05, 4.69) is 15.4 Å². The standard InChI is InChI=1S/C16H22N6O3/c17-8-13-7-12(10-25-13)15(24)19-16-18-11-22(20-16)9-14(23)21-5-3-1-2-4-6-21/h7,10-11H,1-6,8-9,17H2,(H,19,20,24). The van der Waals surface area contributed by atoms with Crippen LogP contribution in [0.15, 0.2) is 23.1 Å². The fourth-order valence-electron chi connectivity index (χ4n) is 2.77. The maximum absolute atomic E-state index is 12.3. The lowest BCUT2D eigenvalue weighted by Gasteiger charge is -2.19. The van der Waals surface area contributed by atoms with Gasteiger partial charge in [0.1, 0.15) is 24.9 Å². The minimum atomic E-state index is -0.389. The molecule has 2 aromatic heterocycles. The Bertz CT molecular complexity index is 730. The van der Waals surface area contributed by atoms with Crippen molar-refractivity contribution < 1.29 is 14.0 Å². The van der Waals surface area contributed by atoms with Crippen LogP contribution in [0.3, 0.4) is 0 Å². The van der Waals surface area contributed by atoms with Gasteiger partial charge in [-0.25, -0.2) is 9.67 Å². The molecule has 0 saturated carbocycles. The summed E-state index contributed by atoms with van der Waals surface area (Å²) in [6.07, 6.45) is 7.19. The van der Waals surface area contributed by atoms with Crippen LogP contribution in [-0.4, -0.2) is 44.6 Å². The van der Waals surface area contributed by atoms with Crippen molar-refractivity contribution in [2.45, 2.75) is 38.8 Å². The van der Waals surface area contributed by atoms with E-state index in [1.165, 1.54) is 30.1 Å². The van der Waals surface area contributed by atoms with Crippen LogP contribution >= 0.6 is 0 Å². The largest absolute Gasteiger partial charge is 0.467 e. The molecule has 0 aliphatic carbocycles. The second-order valence-corrected chi connectivity index (χ2v) is 6.02. The molecule has 0 radical (unpaired) electrons. The Morgan fingerprint density at radius 3 is 2.68 bits per heavy atom. The molecular formula is C16H22N6O3. The highest BCUT2D eigenvalue weighted by Crippen LogP contribution is 2.11. The lowest BCUT2D eigenvalue weighted by molar-refractivity contribution is -0.132. The number of amides is 2. The second kappa shape index (κ2) is 7.93. The number of nitrogens with two attached hydrogens (primary N) is 1. The van der Waals surface area contributed by atoms with Crippen LogP contribution < -0.4 is 11.1 Å². The first-order valence-corrected chi connectivity index (χ1v) is 8.42. The number of hydrogen-bond donors (Lipinski definition) is 2. The summed E-state index contributed by atoms with van der Waals surface area (Å²) >= 11 is 0. The van der Waals surface area contributed by atoms with Crippen LogP contribution in [0, 0.1) is 0 Å². The highest BCUT2D eigenvalue weighted by atomic mass is 16.3. The van der Waals surface area contributed by atoms with Gasteiger partial charge in [-0.05, 0) is 18.9 Å². The normalized spacial score (nSPS) is 15.0. The van der Waals surface area contributed by atoms with E-state index < -0.39 is 0 Å². The first-order chi connectivity index (χ1) is 12.2. The van der Waals surface area contributed by atoms with E-state index in [0.29, 0.717) is 11.3 Å². The van der Waals surface area contributed by atoms with Crippen molar-refractivity contribution in [3.05, 3.63) is 30.0 Å². The number of furan rings is 1. The molecule has 1 aliphatic rings. The molecule has 3 heterocycles. The van der Waals surface area contributed by atoms with Crippen molar-refractivity contribution in [1.82, 2.24) is 19.7 Å². The Kier molecular flexibility index (Phi) is 5.44. The molecule has 25 heavy (non-hydrogen) atoms. The van der Waals surface area contributed by atoms with Gasteiger partial charge in [-0.15, -0.1) is 5.10 Å². The summed E-state index contributed by atoms with van der Waals surface area (Å²) in [6.45, 7) is 1.92. The van der Waals surface area contributed by atoms with Crippen LogP contribution in [0.2, 0.25) is 0 Å². The lowest BCUT2D eigenvalue weighted by atomic mass is 10.2. The summed E-state index contributed by atoms with van der Waals surface area (Å²) < 4.78 is 6.56. The van der Waals surface area contributed by atoms with Gasteiger partial charge in [0, 0.05) is 13.1 Å². The zero-order valence-electron chi connectivity index (χ0n) is 14.0. The zero-order valence-corrected chi connectivity index (χ0v) is 14.0.